The molecule has 0 radical (unpaired) electrons. The van der Waals surface area contributed by atoms with Crippen LogP contribution in [0.5, 0.6) is 5.75 Å². The lowest BCUT2D eigenvalue weighted by atomic mass is 10.1. The molecule has 3 rings (SSSR count). The maximum Gasteiger partial charge on any atom is 0.264 e. The Hall–Kier alpha value is -3.22. The number of hydrogen-bond acceptors (Lipinski definition) is 4. The van der Waals surface area contributed by atoms with E-state index in [2.05, 4.69) is 5.32 Å². The molecular formula is C18H15FN2O4. The number of nitrogens with one attached hydrogen (secondary N) is 1. The van der Waals surface area contributed by atoms with Gasteiger partial charge in [0.1, 0.15) is 11.6 Å². The van der Waals surface area contributed by atoms with Crippen molar-refractivity contribution in [3.63, 3.8) is 0 Å². The van der Waals surface area contributed by atoms with Crippen LogP contribution in [0, 0.1) is 5.82 Å². The van der Waals surface area contributed by atoms with Gasteiger partial charge in [0.15, 0.2) is 0 Å². The molecule has 7 heteroatoms. The topological polar surface area (TPSA) is 75.7 Å². The predicted molar refractivity (Wildman–Crippen MR) is 87.1 cm³/mol. The monoisotopic (exact) mass is 342 g/mol. The fourth-order valence-corrected chi connectivity index (χ4v) is 2.62. The second kappa shape index (κ2) is 6.72. The summed E-state index contributed by atoms with van der Waals surface area (Å²) in [5, 5.41) is 2.63. The largest absolute Gasteiger partial charge is 0.497 e. The second-order valence-electron chi connectivity index (χ2n) is 5.41. The first kappa shape index (κ1) is 16.6. The van der Waals surface area contributed by atoms with Gasteiger partial charge in [-0.25, -0.2) is 4.39 Å². The molecule has 3 amide bonds. The van der Waals surface area contributed by atoms with Gasteiger partial charge in [-0.3, -0.25) is 19.3 Å². The normalized spacial score (nSPS) is 13.0. The highest BCUT2D eigenvalue weighted by molar-refractivity contribution is 6.21. The van der Waals surface area contributed by atoms with Crippen molar-refractivity contribution in [3.05, 3.63) is 65.0 Å². The Morgan fingerprint density at radius 1 is 1.12 bits per heavy atom. The number of halogens is 1. The molecule has 2 aromatic rings. The van der Waals surface area contributed by atoms with Crippen LogP contribution in [0.1, 0.15) is 31.1 Å². The number of benzene rings is 2. The lowest BCUT2D eigenvalue weighted by molar-refractivity contribution is 0.0648. The first-order valence-electron chi connectivity index (χ1n) is 7.60. The van der Waals surface area contributed by atoms with Crippen LogP contribution in [0.15, 0.2) is 42.5 Å². The predicted octanol–water partition coefficient (Wildman–Crippen LogP) is 1.86. The van der Waals surface area contributed by atoms with Gasteiger partial charge in [-0.05, 0) is 36.4 Å². The molecule has 0 spiro atoms. The van der Waals surface area contributed by atoms with Gasteiger partial charge in [-0.2, -0.15) is 0 Å². The van der Waals surface area contributed by atoms with Crippen molar-refractivity contribution in [2.24, 2.45) is 0 Å². The van der Waals surface area contributed by atoms with Crippen molar-refractivity contribution in [1.29, 1.82) is 0 Å². The molecule has 0 atom stereocenters. The van der Waals surface area contributed by atoms with E-state index in [9.17, 15) is 18.8 Å². The molecule has 0 aromatic heterocycles. The molecule has 0 unspecified atom stereocenters. The Bertz CT molecular complexity index is 849. The van der Waals surface area contributed by atoms with E-state index < -0.39 is 17.6 Å². The average molecular weight is 342 g/mol. The molecule has 0 saturated heterocycles. The lowest BCUT2D eigenvalue weighted by Crippen LogP contribution is -2.38. The number of hydrogen-bond donors (Lipinski definition) is 1. The standard InChI is InChI=1S/C18H15FN2O4/c1-25-12-7-5-11(6-8-12)16(22)20-9-10-21-17(23)13-3-2-4-14(19)15(13)18(21)24/h2-8H,9-10H2,1H3,(H,20,22). The molecule has 1 heterocycles. The number of carbonyl (C=O) groups excluding carboxylic acids is 3. The number of carbonyl (C=O) groups is 3. The number of nitrogens with zero attached hydrogens (tertiary/aromatic N) is 1. The van der Waals surface area contributed by atoms with Gasteiger partial charge in [0.05, 0.1) is 18.2 Å². The highest BCUT2D eigenvalue weighted by Crippen LogP contribution is 2.24. The van der Waals surface area contributed by atoms with Crippen LogP contribution in [0.2, 0.25) is 0 Å². The summed E-state index contributed by atoms with van der Waals surface area (Å²) < 4.78 is 18.8. The molecular weight excluding hydrogens is 327 g/mol. The van der Waals surface area contributed by atoms with Gasteiger partial charge in [0, 0.05) is 18.7 Å². The summed E-state index contributed by atoms with van der Waals surface area (Å²) in [5.74, 6) is -1.68. The molecule has 128 valence electrons. The number of ether oxygens (including phenoxy) is 1. The second-order valence-corrected chi connectivity index (χ2v) is 5.41. The molecule has 1 aliphatic heterocycles. The van der Waals surface area contributed by atoms with E-state index in [1.807, 2.05) is 0 Å². The SMILES string of the molecule is COc1ccc(C(=O)NCCN2C(=O)c3cccc(F)c3C2=O)cc1. The molecule has 6 nitrogen and oxygen atoms in total. The smallest absolute Gasteiger partial charge is 0.264 e. The highest BCUT2D eigenvalue weighted by atomic mass is 19.1. The molecule has 0 bridgehead atoms. The Balaban J connectivity index is 1.61. The van der Waals surface area contributed by atoms with Crippen molar-refractivity contribution < 1.29 is 23.5 Å². The van der Waals surface area contributed by atoms with E-state index in [4.69, 9.17) is 4.74 Å². The maximum absolute atomic E-state index is 13.7. The van der Waals surface area contributed by atoms with Crippen LogP contribution >= 0.6 is 0 Å². The third-order valence-electron chi connectivity index (χ3n) is 3.92. The average Bonchev–Trinajstić information content (AvgIpc) is 2.87. The highest BCUT2D eigenvalue weighted by Gasteiger charge is 2.37. The van der Waals surface area contributed by atoms with Gasteiger partial charge in [-0.15, -0.1) is 0 Å². The zero-order chi connectivity index (χ0) is 18.0. The minimum Gasteiger partial charge on any atom is -0.497 e. The maximum atomic E-state index is 13.7. The third-order valence-corrected chi connectivity index (χ3v) is 3.92. The van der Waals surface area contributed by atoms with Crippen molar-refractivity contribution in [2.75, 3.05) is 20.2 Å². The number of imide groups is 1. The summed E-state index contributed by atoms with van der Waals surface area (Å²) in [6.45, 7) is 0.0334. The lowest BCUT2D eigenvalue weighted by Gasteiger charge is -2.14. The molecule has 0 aliphatic carbocycles. The van der Waals surface area contributed by atoms with Crippen molar-refractivity contribution in [2.45, 2.75) is 0 Å². The third kappa shape index (κ3) is 3.08. The van der Waals surface area contributed by atoms with E-state index in [-0.39, 0.29) is 30.1 Å². The zero-order valence-electron chi connectivity index (χ0n) is 13.4. The first-order chi connectivity index (χ1) is 12.0. The van der Waals surface area contributed by atoms with E-state index in [0.29, 0.717) is 11.3 Å². The Morgan fingerprint density at radius 3 is 2.48 bits per heavy atom. The first-order valence-corrected chi connectivity index (χ1v) is 7.60. The number of fused-ring (bicyclic) bond motifs is 1. The van der Waals surface area contributed by atoms with Gasteiger partial charge < -0.3 is 10.1 Å². The number of methoxy groups -OCH3 is 1. The Kier molecular flexibility index (Phi) is 4.47. The minimum absolute atomic E-state index is 0.0340. The van der Waals surface area contributed by atoms with Crippen LogP contribution in [0.4, 0.5) is 4.39 Å². The summed E-state index contributed by atoms with van der Waals surface area (Å²) in [5.41, 5.74) is 0.259. The minimum atomic E-state index is -0.722. The van der Waals surface area contributed by atoms with E-state index in [1.165, 1.54) is 19.2 Å². The Morgan fingerprint density at radius 2 is 1.84 bits per heavy atom. The van der Waals surface area contributed by atoms with Crippen molar-refractivity contribution >= 4 is 17.7 Å². The van der Waals surface area contributed by atoms with E-state index in [0.717, 1.165) is 11.0 Å². The van der Waals surface area contributed by atoms with Crippen LogP contribution in [0.25, 0.3) is 0 Å². The quantitative estimate of drug-likeness (QED) is 0.842. The van der Waals surface area contributed by atoms with Gasteiger partial charge >= 0.3 is 0 Å². The summed E-state index contributed by atoms with van der Waals surface area (Å²) in [6, 6.07) is 10.4. The summed E-state index contributed by atoms with van der Waals surface area (Å²) >= 11 is 0. The van der Waals surface area contributed by atoms with E-state index >= 15 is 0 Å². The van der Waals surface area contributed by atoms with Gasteiger partial charge in [0.25, 0.3) is 17.7 Å². The van der Waals surface area contributed by atoms with E-state index in [1.54, 1.807) is 24.3 Å². The Labute approximate surface area is 143 Å². The molecule has 1 N–H and O–H groups in total. The molecule has 0 fully saturated rings. The van der Waals surface area contributed by atoms with Crippen LogP contribution in [0.3, 0.4) is 0 Å². The number of amides is 3. The fraction of sp³-hybridized carbons (Fsp3) is 0.167. The van der Waals surface area contributed by atoms with Gasteiger partial charge in [-0.1, -0.05) is 6.07 Å². The van der Waals surface area contributed by atoms with Crippen LogP contribution < -0.4 is 10.1 Å². The van der Waals surface area contributed by atoms with Crippen molar-refractivity contribution in [1.82, 2.24) is 10.2 Å². The number of rotatable bonds is 5. The molecule has 0 saturated carbocycles. The van der Waals surface area contributed by atoms with Crippen LogP contribution in [-0.2, 0) is 0 Å². The summed E-state index contributed by atoms with van der Waals surface area (Å²) in [6.07, 6.45) is 0. The summed E-state index contributed by atoms with van der Waals surface area (Å²) in [4.78, 5) is 37.4. The molecule has 2 aromatic carbocycles. The molecule has 25 heavy (non-hydrogen) atoms. The zero-order valence-corrected chi connectivity index (χ0v) is 13.4. The van der Waals surface area contributed by atoms with Crippen LogP contribution in [-0.4, -0.2) is 42.8 Å². The molecule has 1 aliphatic rings. The van der Waals surface area contributed by atoms with Gasteiger partial charge in [0.2, 0.25) is 0 Å². The van der Waals surface area contributed by atoms with Crippen molar-refractivity contribution in [3.8, 4) is 5.75 Å². The summed E-state index contributed by atoms with van der Waals surface area (Å²) in [7, 11) is 1.53. The fourth-order valence-electron chi connectivity index (χ4n) is 2.62.